The van der Waals surface area contributed by atoms with E-state index < -0.39 is 0 Å². The molecule has 10 heteroatoms. The molecule has 332 valence electrons. The molecular formula is C55H62N10. The van der Waals surface area contributed by atoms with E-state index >= 15 is 0 Å². The Morgan fingerprint density at radius 2 is 0.615 bits per heavy atom. The Bertz CT molecular complexity index is 2880. The van der Waals surface area contributed by atoms with Crippen LogP contribution in [-0.2, 0) is 27.1 Å². The molecule has 5 aromatic carbocycles. The third-order valence-corrected chi connectivity index (χ3v) is 19.9. The quantitative estimate of drug-likeness (QED) is 0.129. The van der Waals surface area contributed by atoms with Crippen LogP contribution in [0, 0.1) is 0 Å². The fourth-order valence-corrected chi connectivity index (χ4v) is 17.3. The maximum atomic E-state index is 4.46. The summed E-state index contributed by atoms with van der Waals surface area (Å²) in [5.41, 5.74) is 17.8. The molecule has 0 bridgehead atoms. The maximum Gasteiger partial charge on any atom is 0.0933 e. The van der Waals surface area contributed by atoms with E-state index in [1.807, 2.05) is 0 Å². The maximum absolute atomic E-state index is 4.46. The molecule has 15 rings (SSSR count). The summed E-state index contributed by atoms with van der Waals surface area (Å²) in [7, 11) is 11.7. The number of para-hydroxylation sites is 5. The van der Waals surface area contributed by atoms with Gasteiger partial charge in [0.2, 0.25) is 0 Å². The Balaban J connectivity index is 0.926. The van der Waals surface area contributed by atoms with Gasteiger partial charge in [-0.25, -0.2) is 0 Å². The van der Waals surface area contributed by atoms with Gasteiger partial charge in [0, 0.05) is 72.0 Å². The molecule has 5 N–H and O–H groups in total. The number of benzene rings is 5. The Labute approximate surface area is 383 Å². The molecule has 0 unspecified atom stereocenters. The molecular weight excluding hydrogens is 801 g/mol. The summed E-state index contributed by atoms with van der Waals surface area (Å²) in [5, 5.41) is 21.2. The highest BCUT2D eigenvalue weighted by Crippen LogP contribution is 2.70. The highest BCUT2D eigenvalue weighted by Gasteiger charge is 2.73. The number of hydrogen-bond donors (Lipinski definition) is 5. The number of likely N-dealkylation sites (N-methyl/N-ethyl adjacent to an activating group) is 5. The molecule has 10 nitrogen and oxygen atoms in total. The third kappa shape index (κ3) is 4.09. The molecule has 5 aromatic rings. The van der Waals surface area contributed by atoms with Gasteiger partial charge in [0.15, 0.2) is 0 Å². The molecule has 0 aromatic heterocycles. The van der Waals surface area contributed by atoms with Crippen molar-refractivity contribution in [3.8, 4) is 0 Å². The summed E-state index contributed by atoms with van der Waals surface area (Å²) in [6.07, 6.45) is 6.47. The van der Waals surface area contributed by atoms with E-state index in [0.717, 1.165) is 64.8 Å². The van der Waals surface area contributed by atoms with Crippen molar-refractivity contribution >= 4 is 28.4 Å². The molecule has 0 saturated carbocycles. The van der Waals surface area contributed by atoms with Crippen molar-refractivity contribution in [3.05, 3.63) is 148 Å². The molecule has 0 aliphatic carbocycles. The number of nitrogens with zero attached hydrogens (tertiary/aromatic N) is 5. The Morgan fingerprint density at radius 1 is 0.323 bits per heavy atom. The van der Waals surface area contributed by atoms with Crippen molar-refractivity contribution in [1.29, 1.82) is 0 Å². The van der Waals surface area contributed by atoms with Crippen LogP contribution in [0.1, 0.15) is 76.6 Å². The van der Waals surface area contributed by atoms with Crippen LogP contribution in [0.4, 0.5) is 28.4 Å². The standard InChI is InChI=1S/C55H62N10/c1-61-28-23-51(33-13-6-8-21-41(33)56-46(51)61)35-15-10-16-36-43(35)58-48-53(36,25-30-63(48)3)38-18-12-20-40-45(38)60-50-55(40,27-32-65(50)5)54-26-31-64(4)49(54)59-44-37(17-11-19-39(44)54)52-24-29-62(2)47(52)57-42-22-9-7-14-34(42)52/h6-22,46-50,56-60H,23-32H2,1-5H3/t46-,47+,48+,49-,50-,51-,52+,53+,54+,55+/m0/s1. The van der Waals surface area contributed by atoms with E-state index in [-0.39, 0.29) is 57.9 Å². The van der Waals surface area contributed by atoms with Gasteiger partial charge in [0.25, 0.3) is 0 Å². The van der Waals surface area contributed by atoms with Crippen molar-refractivity contribution in [2.75, 3.05) is 94.5 Å². The number of fused-ring (bicyclic) bond motifs is 16. The summed E-state index contributed by atoms with van der Waals surface area (Å²) in [4.78, 5) is 13.0. The van der Waals surface area contributed by atoms with E-state index in [4.69, 9.17) is 0 Å². The molecule has 0 amide bonds. The van der Waals surface area contributed by atoms with Crippen LogP contribution in [0.3, 0.4) is 0 Å². The minimum atomic E-state index is -0.215. The average Bonchev–Trinajstić information content (AvgIpc) is 4.21. The van der Waals surface area contributed by atoms with Gasteiger partial charge < -0.3 is 26.6 Å². The van der Waals surface area contributed by atoms with E-state index in [9.17, 15) is 0 Å². The largest absolute Gasteiger partial charge is 0.368 e. The lowest BCUT2D eigenvalue weighted by Crippen LogP contribution is -2.60. The first-order valence-corrected chi connectivity index (χ1v) is 24.6. The van der Waals surface area contributed by atoms with Crippen LogP contribution in [0.5, 0.6) is 0 Å². The van der Waals surface area contributed by atoms with Crippen LogP contribution in [0.2, 0.25) is 0 Å². The third-order valence-electron chi connectivity index (χ3n) is 19.9. The van der Waals surface area contributed by atoms with E-state index in [0.29, 0.717) is 0 Å². The molecule has 10 heterocycles. The monoisotopic (exact) mass is 863 g/mol. The van der Waals surface area contributed by atoms with Gasteiger partial charge in [0.1, 0.15) is 0 Å². The number of rotatable bonds is 4. The zero-order chi connectivity index (χ0) is 43.4. The molecule has 0 spiro atoms. The number of likely N-dealkylation sites (tertiary alicyclic amines) is 5. The summed E-state index contributed by atoms with van der Waals surface area (Å²) in [5.74, 6) is 0. The number of anilines is 5. The first-order chi connectivity index (χ1) is 31.7. The molecule has 5 fully saturated rings. The molecule has 10 aliphatic rings. The lowest BCUT2D eigenvalue weighted by atomic mass is 9.54. The van der Waals surface area contributed by atoms with Crippen molar-refractivity contribution in [1.82, 2.24) is 24.5 Å². The Hall–Kier alpha value is -5.10. The fraction of sp³-hybridized carbons (Fsp3) is 0.455. The molecule has 65 heavy (non-hydrogen) atoms. The Morgan fingerprint density at radius 3 is 1.05 bits per heavy atom. The van der Waals surface area contributed by atoms with Crippen LogP contribution >= 0.6 is 0 Å². The summed E-state index contributed by atoms with van der Waals surface area (Å²) >= 11 is 0. The van der Waals surface area contributed by atoms with Gasteiger partial charge in [0.05, 0.1) is 47.1 Å². The van der Waals surface area contributed by atoms with Crippen molar-refractivity contribution < 1.29 is 0 Å². The van der Waals surface area contributed by atoms with Gasteiger partial charge >= 0.3 is 0 Å². The topological polar surface area (TPSA) is 76.4 Å². The van der Waals surface area contributed by atoms with Crippen molar-refractivity contribution in [2.24, 2.45) is 0 Å². The van der Waals surface area contributed by atoms with Crippen LogP contribution in [0.25, 0.3) is 0 Å². The molecule has 0 radical (unpaired) electrons. The van der Waals surface area contributed by atoms with Gasteiger partial charge in [-0.2, -0.15) is 0 Å². The predicted molar refractivity (Wildman–Crippen MR) is 261 cm³/mol. The SMILES string of the molecule is CN1CC[C@]2(c3cccc4c3N[C@H]3N(C)CC[C@@]43[C@@]34CCN(C)[C@@H]3Nc3c([C@]56CCN(C)[C@H]5Nc5c6cccc5[C@@]56CCN(C)[C@@H]5Nc5ccccc56)cccc34)c3ccccc3N[C@H]12. The lowest BCUT2D eigenvalue weighted by Gasteiger charge is -2.48. The fourth-order valence-electron chi connectivity index (χ4n) is 17.3. The van der Waals surface area contributed by atoms with Crippen molar-refractivity contribution in [2.45, 2.75) is 90.0 Å². The average molecular weight is 863 g/mol. The van der Waals surface area contributed by atoms with Gasteiger partial charge in [-0.15, -0.1) is 0 Å². The van der Waals surface area contributed by atoms with Gasteiger partial charge in [-0.05, 0) is 124 Å². The summed E-state index contributed by atoms with van der Waals surface area (Å²) in [6, 6.07) is 40.5. The smallest absolute Gasteiger partial charge is 0.0933 e. The lowest BCUT2D eigenvalue weighted by molar-refractivity contribution is 0.147. The minimum absolute atomic E-state index is 0.126. The zero-order valence-electron chi connectivity index (χ0n) is 38.5. The Kier molecular flexibility index (Phi) is 7.29. The van der Waals surface area contributed by atoms with E-state index in [1.54, 1.807) is 0 Å². The van der Waals surface area contributed by atoms with Crippen LogP contribution in [0.15, 0.2) is 103 Å². The molecule has 10 aliphatic heterocycles. The van der Waals surface area contributed by atoms with Crippen LogP contribution in [-0.4, -0.2) is 123 Å². The van der Waals surface area contributed by atoms with Crippen molar-refractivity contribution in [3.63, 3.8) is 0 Å². The second-order valence-electron chi connectivity index (χ2n) is 22.0. The van der Waals surface area contributed by atoms with E-state index in [1.165, 1.54) is 72.9 Å². The summed E-state index contributed by atoms with van der Waals surface area (Å²) < 4.78 is 0. The number of hydrogen-bond acceptors (Lipinski definition) is 10. The molecule has 5 saturated heterocycles. The predicted octanol–water partition coefficient (Wildman–Crippen LogP) is 7.16. The molecule has 10 atom stereocenters. The zero-order valence-corrected chi connectivity index (χ0v) is 38.5. The normalized spacial score (nSPS) is 38.1. The minimum Gasteiger partial charge on any atom is -0.368 e. The number of nitrogens with one attached hydrogen (secondary N) is 5. The van der Waals surface area contributed by atoms with Gasteiger partial charge in [-0.1, -0.05) is 91.0 Å². The highest BCUT2D eigenvalue weighted by atomic mass is 15.4. The first-order valence-electron chi connectivity index (χ1n) is 24.6. The van der Waals surface area contributed by atoms with Gasteiger partial charge in [-0.3, -0.25) is 24.5 Å². The second-order valence-corrected chi connectivity index (χ2v) is 22.0. The second kappa shape index (κ2) is 12.5. The highest BCUT2D eigenvalue weighted by molar-refractivity contribution is 5.83. The van der Waals surface area contributed by atoms with E-state index in [2.05, 4.69) is 189 Å². The van der Waals surface area contributed by atoms with Crippen LogP contribution < -0.4 is 26.6 Å². The summed E-state index contributed by atoms with van der Waals surface area (Å²) in [6.45, 7) is 5.33. The first kappa shape index (κ1) is 38.1.